The maximum Gasteiger partial charge on any atom is 0.239 e. The molecule has 0 heterocycles. The van der Waals surface area contributed by atoms with Crippen molar-refractivity contribution >= 4 is 17.5 Å². The second-order valence-electron chi connectivity index (χ2n) is 6.64. The third-order valence-electron chi connectivity index (χ3n) is 4.42. The molecule has 0 fully saturated rings. The molecule has 0 unspecified atom stereocenters. The fraction of sp³-hybridized carbons (Fsp3) is 0.333. The highest BCUT2D eigenvalue weighted by molar-refractivity contribution is 6.10. The van der Waals surface area contributed by atoms with Crippen LogP contribution in [0.4, 0.5) is 5.69 Å². The highest BCUT2D eigenvalue weighted by atomic mass is 16.5. The van der Waals surface area contributed by atoms with Crippen molar-refractivity contribution in [1.29, 1.82) is 0 Å². The van der Waals surface area contributed by atoms with Crippen LogP contribution in [0, 0.1) is 5.41 Å². The van der Waals surface area contributed by atoms with Crippen molar-refractivity contribution in [3.8, 4) is 17.2 Å². The summed E-state index contributed by atoms with van der Waals surface area (Å²) in [5, 5.41) is 5.55. The van der Waals surface area contributed by atoms with Gasteiger partial charge in [0, 0.05) is 18.2 Å². The lowest BCUT2D eigenvalue weighted by Crippen LogP contribution is -2.44. The smallest absolute Gasteiger partial charge is 0.239 e. The van der Waals surface area contributed by atoms with Crippen LogP contribution in [-0.2, 0) is 16.1 Å². The van der Waals surface area contributed by atoms with Gasteiger partial charge in [-0.05, 0) is 32.0 Å². The molecule has 0 aliphatic rings. The Bertz CT molecular complexity index is 848. The first-order chi connectivity index (χ1) is 13.3. The Hall–Kier alpha value is -3.22. The van der Waals surface area contributed by atoms with Gasteiger partial charge in [-0.2, -0.15) is 0 Å². The molecule has 0 aliphatic carbocycles. The molecule has 150 valence electrons. The van der Waals surface area contributed by atoms with E-state index >= 15 is 0 Å². The van der Waals surface area contributed by atoms with Crippen LogP contribution in [0.1, 0.15) is 19.4 Å². The zero-order valence-electron chi connectivity index (χ0n) is 16.8. The van der Waals surface area contributed by atoms with Crippen molar-refractivity contribution in [1.82, 2.24) is 5.32 Å². The van der Waals surface area contributed by atoms with Gasteiger partial charge >= 0.3 is 0 Å². The first kappa shape index (κ1) is 21.1. The van der Waals surface area contributed by atoms with E-state index in [1.165, 1.54) is 7.11 Å². The first-order valence-corrected chi connectivity index (χ1v) is 8.77. The van der Waals surface area contributed by atoms with Gasteiger partial charge in [-0.15, -0.1) is 0 Å². The number of hydrogen-bond donors (Lipinski definition) is 2. The van der Waals surface area contributed by atoms with Gasteiger partial charge < -0.3 is 24.8 Å². The lowest BCUT2D eigenvalue weighted by atomic mass is 9.90. The molecule has 0 aromatic heterocycles. The molecule has 0 saturated heterocycles. The molecule has 7 heteroatoms. The van der Waals surface area contributed by atoms with Gasteiger partial charge in [0.25, 0.3) is 0 Å². The monoisotopic (exact) mass is 386 g/mol. The molecular formula is C21H26N2O5. The number of benzene rings is 2. The van der Waals surface area contributed by atoms with E-state index in [1.54, 1.807) is 46.3 Å². The molecule has 0 radical (unpaired) electrons. The maximum atomic E-state index is 12.7. The zero-order chi connectivity index (χ0) is 20.7. The van der Waals surface area contributed by atoms with Crippen molar-refractivity contribution < 1.29 is 23.8 Å². The van der Waals surface area contributed by atoms with Crippen molar-refractivity contribution in [2.75, 3.05) is 26.6 Å². The zero-order valence-corrected chi connectivity index (χ0v) is 16.8. The van der Waals surface area contributed by atoms with Gasteiger partial charge in [-0.1, -0.05) is 18.2 Å². The minimum atomic E-state index is -1.30. The minimum absolute atomic E-state index is 0.255. The summed E-state index contributed by atoms with van der Waals surface area (Å²) < 4.78 is 15.7. The van der Waals surface area contributed by atoms with E-state index in [1.807, 2.05) is 24.3 Å². The molecule has 0 bridgehead atoms. The van der Waals surface area contributed by atoms with Gasteiger partial charge in [0.05, 0.1) is 27.0 Å². The normalized spacial score (nSPS) is 10.8. The summed E-state index contributed by atoms with van der Waals surface area (Å²) in [6.45, 7) is 3.39. The molecule has 2 aromatic rings. The largest absolute Gasteiger partial charge is 0.497 e. The van der Waals surface area contributed by atoms with Crippen LogP contribution in [0.2, 0.25) is 0 Å². The van der Waals surface area contributed by atoms with Gasteiger partial charge in [-0.25, -0.2) is 0 Å². The molecule has 2 rings (SSSR count). The van der Waals surface area contributed by atoms with E-state index in [0.29, 0.717) is 22.9 Å². The van der Waals surface area contributed by atoms with Gasteiger partial charge in [0.1, 0.15) is 22.7 Å². The molecule has 28 heavy (non-hydrogen) atoms. The van der Waals surface area contributed by atoms with Crippen molar-refractivity contribution in [2.45, 2.75) is 20.4 Å². The van der Waals surface area contributed by atoms with Crippen LogP contribution >= 0.6 is 0 Å². The third-order valence-corrected chi connectivity index (χ3v) is 4.42. The van der Waals surface area contributed by atoms with Gasteiger partial charge in [0.2, 0.25) is 11.8 Å². The fourth-order valence-corrected chi connectivity index (χ4v) is 2.53. The highest BCUT2D eigenvalue weighted by Crippen LogP contribution is 2.30. The van der Waals surface area contributed by atoms with Crippen LogP contribution in [-0.4, -0.2) is 33.1 Å². The maximum absolute atomic E-state index is 12.7. The molecule has 7 nitrogen and oxygen atoms in total. The molecule has 2 N–H and O–H groups in total. The van der Waals surface area contributed by atoms with Gasteiger partial charge in [0.15, 0.2) is 0 Å². The van der Waals surface area contributed by atoms with Crippen LogP contribution < -0.4 is 24.8 Å². The van der Waals surface area contributed by atoms with E-state index in [0.717, 1.165) is 5.56 Å². The Balaban J connectivity index is 2.08. The summed E-state index contributed by atoms with van der Waals surface area (Å²) in [6, 6.07) is 12.4. The van der Waals surface area contributed by atoms with Crippen molar-refractivity contribution in [2.24, 2.45) is 5.41 Å². The summed E-state index contributed by atoms with van der Waals surface area (Å²) in [5.41, 5.74) is -0.0160. The summed E-state index contributed by atoms with van der Waals surface area (Å²) in [5.74, 6) is 0.867. The molecule has 0 aliphatic heterocycles. The second kappa shape index (κ2) is 9.12. The summed E-state index contributed by atoms with van der Waals surface area (Å²) in [7, 11) is 4.61. The molecule has 2 aromatic carbocycles. The standard InChI is InChI=1S/C21H26N2O5/c1-21(2,19(24)22-13-14-8-6-7-9-17(14)27-4)20(25)23-16-11-10-15(26-3)12-18(16)28-5/h6-12H,13H2,1-5H3,(H,22,24)(H,23,25). The minimum Gasteiger partial charge on any atom is -0.497 e. The van der Waals surface area contributed by atoms with Crippen molar-refractivity contribution in [3.05, 3.63) is 48.0 Å². The average molecular weight is 386 g/mol. The van der Waals surface area contributed by atoms with E-state index < -0.39 is 17.2 Å². The third kappa shape index (κ3) is 4.73. The molecule has 0 spiro atoms. The second-order valence-corrected chi connectivity index (χ2v) is 6.64. The first-order valence-electron chi connectivity index (χ1n) is 8.77. The number of hydrogen-bond acceptors (Lipinski definition) is 5. The SMILES string of the molecule is COc1ccc(NC(=O)C(C)(C)C(=O)NCc2ccccc2OC)c(OC)c1. The van der Waals surface area contributed by atoms with Crippen LogP contribution in [0.15, 0.2) is 42.5 Å². The average Bonchev–Trinajstić information content (AvgIpc) is 2.72. The Morgan fingerprint density at radius 2 is 1.57 bits per heavy atom. The molecule has 0 saturated carbocycles. The lowest BCUT2D eigenvalue weighted by Gasteiger charge is -2.23. The summed E-state index contributed by atoms with van der Waals surface area (Å²) in [4.78, 5) is 25.4. The topological polar surface area (TPSA) is 85.9 Å². The molecule has 2 amide bonds. The Morgan fingerprint density at radius 3 is 2.21 bits per heavy atom. The number of para-hydroxylation sites is 1. The number of nitrogens with one attached hydrogen (secondary N) is 2. The summed E-state index contributed by atoms with van der Waals surface area (Å²) in [6.07, 6.45) is 0. The van der Waals surface area contributed by atoms with Crippen LogP contribution in [0.3, 0.4) is 0 Å². The number of amides is 2. The quantitative estimate of drug-likeness (QED) is 0.681. The number of ether oxygens (including phenoxy) is 3. The Labute approximate surface area is 165 Å². The number of carbonyl (C=O) groups excluding carboxylic acids is 2. The van der Waals surface area contributed by atoms with E-state index in [9.17, 15) is 9.59 Å². The lowest BCUT2D eigenvalue weighted by molar-refractivity contribution is -0.138. The summed E-state index contributed by atoms with van der Waals surface area (Å²) >= 11 is 0. The Morgan fingerprint density at radius 1 is 0.893 bits per heavy atom. The number of rotatable bonds is 8. The van der Waals surface area contributed by atoms with E-state index in [4.69, 9.17) is 14.2 Å². The van der Waals surface area contributed by atoms with Gasteiger partial charge in [-0.3, -0.25) is 9.59 Å². The van der Waals surface area contributed by atoms with Crippen LogP contribution in [0.25, 0.3) is 0 Å². The highest BCUT2D eigenvalue weighted by Gasteiger charge is 2.36. The fourth-order valence-electron chi connectivity index (χ4n) is 2.53. The molecule has 0 atom stereocenters. The predicted octanol–water partition coefficient (Wildman–Crippen LogP) is 2.99. The number of anilines is 1. The number of methoxy groups -OCH3 is 3. The van der Waals surface area contributed by atoms with E-state index in [2.05, 4.69) is 10.6 Å². The Kier molecular flexibility index (Phi) is 6.87. The predicted molar refractivity (Wildman–Crippen MR) is 107 cm³/mol. The van der Waals surface area contributed by atoms with Crippen LogP contribution in [0.5, 0.6) is 17.2 Å². The van der Waals surface area contributed by atoms with Crippen molar-refractivity contribution in [3.63, 3.8) is 0 Å². The number of carbonyl (C=O) groups is 2. The molecular weight excluding hydrogens is 360 g/mol. The van der Waals surface area contributed by atoms with E-state index in [-0.39, 0.29) is 6.54 Å².